The van der Waals surface area contributed by atoms with Crippen LogP contribution < -0.4 is 9.47 Å². The van der Waals surface area contributed by atoms with Gasteiger partial charge in [-0.25, -0.2) is 9.59 Å². The zero-order valence-electron chi connectivity index (χ0n) is 15.9. The SMILES string of the molecule is CCOC(=O)COc1c(I)cc(/C=C(\Sc2nnc(CC)o2)C(=O)O)cc1OC. The fraction of sp³-hybridized carbons (Fsp3) is 0.333. The highest BCUT2D eigenvalue weighted by molar-refractivity contribution is 14.1. The van der Waals surface area contributed by atoms with Gasteiger partial charge in [0.1, 0.15) is 4.91 Å². The van der Waals surface area contributed by atoms with Crippen molar-refractivity contribution in [2.75, 3.05) is 20.3 Å². The van der Waals surface area contributed by atoms with Crippen LogP contribution >= 0.6 is 34.4 Å². The van der Waals surface area contributed by atoms with Gasteiger partial charge in [0.2, 0.25) is 5.89 Å². The highest BCUT2D eigenvalue weighted by Gasteiger charge is 2.17. The van der Waals surface area contributed by atoms with Gasteiger partial charge in [-0.2, -0.15) is 0 Å². The average Bonchev–Trinajstić information content (AvgIpc) is 3.14. The Kier molecular flexibility index (Phi) is 8.76. The number of hydrogen-bond acceptors (Lipinski definition) is 9. The van der Waals surface area contributed by atoms with E-state index < -0.39 is 11.9 Å². The molecule has 1 aromatic carbocycles. The molecular weight excluding hydrogens is 515 g/mol. The number of esters is 1. The molecule has 1 aromatic heterocycles. The molecule has 29 heavy (non-hydrogen) atoms. The van der Waals surface area contributed by atoms with Crippen LogP contribution in [0.15, 0.2) is 26.7 Å². The Bertz CT molecular complexity index is 914. The smallest absolute Gasteiger partial charge is 0.344 e. The van der Waals surface area contributed by atoms with Crippen molar-refractivity contribution in [1.29, 1.82) is 0 Å². The van der Waals surface area contributed by atoms with Crippen molar-refractivity contribution in [3.63, 3.8) is 0 Å². The number of aryl methyl sites for hydroxylation is 1. The third-order valence-electron chi connectivity index (χ3n) is 3.35. The number of methoxy groups -OCH3 is 1. The Morgan fingerprint density at radius 3 is 2.66 bits per heavy atom. The molecule has 156 valence electrons. The summed E-state index contributed by atoms with van der Waals surface area (Å²) in [6, 6.07) is 3.32. The highest BCUT2D eigenvalue weighted by Crippen LogP contribution is 2.36. The van der Waals surface area contributed by atoms with Crippen LogP contribution in [-0.2, 0) is 20.7 Å². The minimum atomic E-state index is -1.14. The number of aromatic nitrogens is 2. The van der Waals surface area contributed by atoms with E-state index in [0.717, 1.165) is 11.8 Å². The van der Waals surface area contributed by atoms with E-state index >= 15 is 0 Å². The minimum absolute atomic E-state index is 0.00523. The topological polar surface area (TPSA) is 121 Å². The quantitative estimate of drug-likeness (QED) is 0.210. The Morgan fingerprint density at radius 2 is 2.07 bits per heavy atom. The average molecular weight is 534 g/mol. The van der Waals surface area contributed by atoms with Crippen LogP contribution in [0.5, 0.6) is 11.5 Å². The van der Waals surface area contributed by atoms with Crippen LogP contribution in [0, 0.1) is 3.57 Å². The number of thioether (sulfide) groups is 1. The maximum absolute atomic E-state index is 11.6. The van der Waals surface area contributed by atoms with Gasteiger partial charge in [0.15, 0.2) is 18.1 Å². The Morgan fingerprint density at radius 1 is 1.31 bits per heavy atom. The number of benzene rings is 1. The first kappa shape index (κ1) is 23.0. The molecule has 0 unspecified atom stereocenters. The first-order valence-electron chi connectivity index (χ1n) is 8.49. The van der Waals surface area contributed by atoms with Crippen LogP contribution in [0.3, 0.4) is 0 Å². The molecule has 0 spiro atoms. The van der Waals surface area contributed by atoms with E-state index in [1.807, 2.05) is 29.5 Å². The fourth-order valence-electron chi connectivity index (χ4n) is 2.10. The molecule has 9 nitrogen and oxygen atoms in total. The molecule has 0 atom stereocenters. The molecule has 1 N–H and O–H groups in total. The van der Waals surface area contributed by atoms with E-state index in [1.54, 1.807) is 19.1 Å². The van der Waals surface area contributed by atoms with Gasteiger partial charge in [-0.3, -0.25) is 0 Å². The Labute approximate surface area is 184 Å². The summed E-state index contributed by atoms with van der Waals surface area (Å²) in [6.07, 6.45) is 2.02. The molecule has 0 amide bonds. The monoisotopic (exact) mass is 534 g/mol. The second-order valence-electron chi connectivity index (χ2n) is 5.36. The number of aliphatic carboxylic acids is 1. The molecule has 11 heteroatoms. The normalized spacial score (nSPS) is 11.2. The lowest BCUT2D eigenvalue weighted by Crippen LogP contribution is -2.15. The number of carbonyl (C=O) groups excluding carboxylic acids is 1. The predicted molar refractivity (Wildman–Crippen MR) is 113 cm³/mol. The molecule has 0 aliphatic heterocycles. The number of halogens is 1. The summed E-state index contributed by atoms with van der Waals surface area (Å²) < 4.78 is 21.7. The summed E-state index contributed by atoms with van der Waals surface area (Å²) in [6.45, 7) is 3.56. The van der Waals surface area contributed by atoms with Gasteiger partial charge in [-0.1, -0.05) is 6.92 Å². The number of nitrogens with zero attached hydrogens (tertiary/aromatic N) is 2. The van der Waals surface area contributed by atoms with E-state index in [9.17, 15) is 14.7 Å². The molecule has 0 fully saturated rings. The molecule has 2 rings (SSSR count). The second-order valence-corrected chi connectivity index (χ2v) is 7.51. The van der Waals surface area contributed by atoms with Gasteiger partial charge < -0.3 is 23.7 Å². The number of ether oxygens (including phenoxy) is 3. The van der Waals surface area contributed by atoms with Crippen LogP contribution in [-0.4, -0.2) is 47.6 Å². The Hall–Kier alpha value is -2.28. The van der Waals surface area contributed by atoms with E-state index in [4.69, 9.17) is 18.6 Å². The van der Waals surface area contributed by atoms with Crippen molar-refractivity contribution in [2.45, 2.75) is 25.5 Å². The lowest BCUT2D eigenvalue weighted by atomic mass is 10.2. The second kappa shape index (κ2) is 11.0. The van der Waals surface area contributed by atoms with E-state index in [1.165, 1.54) is 13.2 Å². The van der Waals surface area contributed by atoms with Gasteiger partial charge in [0.25, 0.3) is 5.22 Å². The highest BCUT2D eigenvalue weighted by atomic mass is 127. The zero-order valence-corrected chi connectivity index (χ0v) is 18.9. The van der Waals surface area contributed by atoms with Gasteiger partial charge >= 0.3 is 11.9 Å². The summed E-state index contributed by atoms with van der Waals surface area (Å²) in [4.78, 5) is 23.2. The molecule has 0 saturated heterocycles. The summed E-state index contributed by atoms with van der Waals surface area (Å²) in [5, 5.41) is 17.3. The van der Waals surface area contributed by atoms with Crippen LogP contribution in [0.2, 0.25) is 0 Å². The Balaban J connectivity index is 2.28. The zero-order chi connectivity index (χ0) is 21.4. The van der Waals surface area contributed by atoms with Gasteiger partial charge in [0.05, 0.1) is 17.3 Å². The van der Waals surface area contributed by atoms with Crippen LogP contribution in [0.1, 0.15) is 25.3 Å². The maximum Gasteiger partial charge on any atom is 0.344 e. The number of hydrogen-bond donors (Lipinski definition) is 1. The van der Waals surface area contributed by atoms with E-state index in [-0.39, 0.29) is 23.3 Å². The van der Waals surface area contributed by atoms with Crippen molar-refractivity contribution >= 4 is 52.4 Å². The molecule has 1 heterocycles. The molecule has 0 bridgehead atoms. The van der Waals surface area contributed by atoms with Crippen molar-refractivity contribution < 1.29 is 33.3 Å². The molecular formula is C18H19IN2O7S. The van der Waals surface area contributed by atoms with Crippen LogP contribution in [0.4, 0.5) is 0 Å². The number of carboxylic acid groups (broad SMARTS) is 1. The fourth-order valence-corrected chi connectivity index (χ4v) is 3.57. The summed E-state index contributed by atoms with van der Waals surface area (Å²) >= 11 is 2.87. The standard InChI is InChI=1S/C18H19IN2O7S/c1-4-14-20-21-18(28-14)29-13(17(23)24)8-10-6-11(19)16(12(7-10)25-3)27-9-15(22)26-5-2/h6-8H,4-5,9H2,1-3H3,(H,23,24)/b13-8-. The first-order valence-corrected chi connectivity index (χ1v) is 10.4. The molecule has 2 aromatic rings. The lowest BCUT2D eigenvalue weighted by molar-refractivity contribution is -0.145. The molecule has 0 saturated carbocycles. The third kappa shape index (κ3) is 6.63. The van der Waals surface area contributed by atoms with Crippen molar-refractivity contribution in [1.82, 2.24) is 10.2 Å². The number of carbonyl (C=O) groups is 2. The van der Waals surface area contributed by atoms with E-state index in [2.05, 4.69) is 10.2 Å². The minimum Gasteiger partial charge on any atom is -0.493 e. The third-order valence-corrected chi connectivity index (χ3v) is 5.00. The number of carboxylic acids is 1. The van der Waals surface area contributed by atoms with Gasteiger partial charge in [-0.05, 0) is 65.0 Å². The van der Waals surface area contributed by atoms with Crippen molar-refractivity contribution in [2.24, 2.45) is 0 Å². The predicted octanol–water partition coefficient (Wildman–Crippen LogP) is 3.40. The molecule has 0 radical (unpaired) electrons. The van der Waals surface area contributed by atoms with Gasteiger partial charge in [0, 0.05) is 6.42 Å². The van der Waals surface area contributed by atoms with E-state index in [0.29, 0.717) is 32.9 Å². The molecule has 0 aliphatic rings. The summed E-state index contributed by atoms with van der Waals surface area (Å²) in [5.74, 6) is -0.482. The van der Waals surface area contributed by atoms with Gasteiger partial charge in [-0.15, -0.1) is 10.2 Å². The summed E-state index contributed by atoms with van der Waals surface area (Å²) in [7, 11) is 1.45. The van der Waals surface area contributed by atoms with Crippen molar-refractivity contribution in [3.05, 3.63) is 32.1 Å². The summed E-state index contributed by atoms with van der Waals surface area (Å²) in [5.41, 5.74) is 0.565. The molecule has 0 aliphatic carbocycles. The number of rotatable bonds is 10. The van der Waals surface area contributed by atoms with Crippen molar-refractivity contribution in [3.8, 4) is 11.5 Å². The first-order chi connectivity index (χ1) is 13.9. The largest absolute Gasteiger partial charge is 0.493 e. The lowest BCUT2D eigenvalue weighted by Gasteiger charge is -2.13. The maximum atomic E-state index is 11.6. The van der Waals surface area contributed by atoms with Crippen LogP contribution in [0.25, 0.3) is 6.08 Å².